The second kappa shape index (κ2) is 9.10. The number of Topliss-reactive ketones (excluding diaryl/α,β-unsaturated/α-hetero) is 1. The van der Waals surface area contributed by atoms with Crippen LogP contribution >= 0.6 is 0 Å². The molecule has 0 unspecified atom stereocenters. The number of carbonyl (C=O) groups is 3. The lowest BCUT2D eigenvalue weighted by Crippen LogP contribution is -2.45. The summed E-state index contributed by atoms with van der Waals surface area (Å²) in [4.78, 5) is 50.7. The van der Waals surface area contributed by atoms with Crippen LogP contribution in [0, 0.1) is 13.8 Å². The number of hydrogen-bond acceptors (Lipinski definition) is 6. The fourth-order valence-electron chi connectivity index (χ4n) is 3.75. The van der Waals surface area contributed by atoms with Gasteiger partial charge in [0.05, 0.1) is 28.0 Å². The fraction of sp³-hybridized carbons (Fsp3) is 0.167. The van der Waals surface area contributed by atoms with Crippen molar-refractivity contribution < 1.29 is 14.4 Å². The molecule has 0 atom stereocenters. The maximum Gasteiger partial charge on any atom is 0.310 e. The molecule has 10 nitrogen and oxygen atoms in total. The molecular weight excluding hydrogens is 436 g/mol. The van der Waals surface area contributed by atoms with E-state index in [0.29, 0.717) is 22.2 Å². The third-order valence-corrected chi connectivity index (χ3v) is 5.40. The van der Waals surface area contributed by atoms with E-state index in [4.69, 9.17) is 0 Å². The van der Waals surface area contributed by atoms with Crippen molar-refractivity contribution in [2.24, 2.45) is 0 Å². The molecule has 0 saturated heterocycles. The average Bonchev–Trinajstić information content (AvgIpc) is 3.16. The minimum absolute atomic E-state index is 0.0472. The van der Waals surface area contributed by atoms with Crippen molar-refractivity contribution in [3.63, 3.8) is 0 Å². The van der Waals surface area contributed by atoms with Crippen LogP contribution in [-0.4, -0.2) is 37.2 Å². The van der Waals surface area contributed by atoms with E-state index in [1.165, 1.54) is 0 Å². The quantitative estimate of drug-likeness (QED) is 0.267. The molecule has 2 heterocycles. The number of hydrazine groups is 1. The lowest BCUT2D eigenvalue weighted by molar-refractivity contribution is -0.117. The van der Waals surface area contributed by atoms with Crippen molar-refractivity contribution in [2.45, 2.75) is 27.3 Å². The number of aromatic nitrogens is 4. The monoisotopic (exact) mass is 458 g/mol. The number of benzene rings is 2. The van der Waals surface area contributed by atoms with Gasteiger partial charge in [-0.25, -0.2) is 9.36 Å². The Hall–Kier alpha value is -4.60. The highest BCUT2D eigenvalue weighted by molar-refractivity contribution is 6.43. The third kappa shape index (κ3) is 3.96. The summed E-state index contributed by atoms with van der Waals surface area (Å²) in [6.45, 7) is 5.32. The summed E-state index contributed by atoms with van der Waals surface area (Å²) in [6.07, 6.45) is 0. The molecule has 4 rings (SSSR count). The summed E-state index contributed by atoms with van der Waals surface area (Å²) >= 11 is 0. The summed E-state index contributed by atoms with van der Waals surface area (Å²) in [6, 6.07) is 15.8. The van der Waals surface area contributed by atoms with E-state index in [-0.39, 0.29) is 23.4 Å². The van der Waals surface area contributed by atoms with Crippen LogP contribution in [0.4, 0.5) is 0 Å². The minimum Gasteiger partial charge on any atom is -0.283 e. The molecule has 34 heavy (non-hydrogen) atoms. The summed E-state index contributed by atoms with van der Waals surface area (Å²) in [5, 5.41) is 9.15. The first-order chi connectivity index (χ1) is 16.3. The number of para-hydroxylation sites is 1. The van der Waals surface area contributed by atoms with Crippen LogP contribution in [0.2, 0.25) is 0 Å². The Bertz CT molecular complexity index is 1490. The van der Waals surface area contributed by atoms with Crippen molar-refractivity contribution in [1.82, 2.24) is 30.4 Å². The predicted octanol–water partition coefficient (Wildman–Crippen LogP) is 1.86. The van der Waals surface area contributed by atoms with Crippen LogP contribution in [-0.2, 0) is 11.3 Å². The summed E-state index contributed by atoms with van der Waals surface area (Å²) in [5.74, 6) is -2.62. The van der Waals surface area contributed by atoms with Gasteiger partial charge in [-0.15, -0.1) is 0 Å². The van der Waals surface area contributed by atoms with Gasteiger partial charge in [-0.3, -0.25) is 30.0 Å². The van der Waals surface area contributed by atoms with Gasteiger partial charge >= 0.3 is 5.91 Å². The molecule has 0 radical (unpaired) electrons. The molecule has 2 aromatic carbocycles. The van der Waals surface area contributed by atoms with E-state index in [9.17, 15) is 19.2 Å². The summed E-state index contributed by atoms with van der Waals surface area (Å²) in [7, 11) is 0. The number of hydrogen-bond donors (Lipinski definition) is 2. The number of nitrogens with one attached hydrogen (secondary N) is 2. The van der Waals surface area contributed by atoms with Gasteiger partial charge in [0.15, 0.2) is 5.69 Å². The van der Waals surface area contributed by atoms with E-state index in [1.807, 2.05) is 30.3 Å². The van der Waals surface area contributed by atoms with Crippen molar-refractivity contribution in [2.75, 3.05) is 0 Å². The number of rotatable bonds is 5. The van der Waals surface area contributed by atoms with E-state index < -0.39 is 17.6 Å². The minimum atomic E-state index is -1.03. The van der Waals surface area contributed by atoms with Crippen molar-refractivity contribution in [3.05, 3.63) is 87.6 Å². The molecule has 4 aromatic rings. The van der Waals surface area contributed by atoms with Gasteiger partial charge in [0.2, 0.25) is 0 Å². The fourth-order valence-corrected chi connectivity index (χ4v) is 3.75. The largest absolute Gasteiger partial charge is 0.310 e. The Kier molecular flexibility index (Phi) is 6.05. The summed E-state index contributed by atoms with van der Waals surface area (Å²) in [5.41, 5.74) is 5.79. The molecule has 2 N–H and O–H groups in total. The molecule has 0 aliphatic rings. The maximum absolute atomic E-state index is 12.9. The SMILES string of the molecule is CCn1nc(C(=O)NNC(=O)C(=O)c2c(C)nn(-c3ccccc3)c2C)c2ccccc2c1=O. The van der Waals surface area contributed by atoms with Crippen LogP contribution in [0.3, 0.4) is 0 Å². The smallest absolute Gasteiger partial charge is 0.283 e. The molecule has 0 aliphatic carbocycles. The molecule has 2 amide bonds. The number of fused-ring (bicyclic) bond motifs is 1. The van der Waals surface area contributed by atoms with Gasteiger partial charge < -0.3 is 0 Å². The molecule has 0 spiro atoms. The van der Waals surface area contributed by atoms with Gasteiger partial charge in [-0.1, -0.05) is 36.4 Å². The van der Waals surface area contributed by atoms with Crippen LogP contribution < -0.4 is 16.4 Å². The van der Waals surface area contributed by atoms with Crippen molar-refractivity contribution in [3.8, 4) is 5.69 Å². The normalized spacial score (nSPS) is 10.8. The van der Waals surface area contributed by atoms with E-state index in [0.717, 1.165) is 10.4 Å². The maximum atomic E-state index is 12.9. The lowest BCUT2D eigenvalue weighted by atomic mass is 10.1. The summed E-state index contributed by atoms with van der Waals surface area (Å²) < 4.78 is 2.74. The highest BCUT2D eigenvalue weighted by Gasteiger charge is 2.26. The van der Waals surface area contributed by atoms with Crippen molar-refractivity contribution in [1.29, 1.82) is 0 Å². The van der Waals surface area contributed by atoms with E-state index >= 15 is 0 Å². The van der Waals surface area contributed by atoms with Crippen LogP contribution in [0.25, 0.3) is 16.5 Å². The molecule has 10 heteroatoms. The zero-order valence-corrected chi connectivity index (χ0v) is 18.8. The number of aryl methyl sites for hydroxylation is 2. The topological polar surface area (TPSA) is 128 Å². The van der Waals surface area contributed by atoms with Gasteiger partial charge in [-0.2, -0.15) is 10.2 Å². The lowest BCUT2D eigenvalue weighted by Gasteiger charge is -2.11. The Labute approximate surface area is 194 Å². The van der Waals surface area contributed by atoms with E-state index in [1.54, 1.807) is 49.7 Å². The zero-order chi connectivity index (χ0) is 24.4. The van der Waals surface area contributed by atoms with Gasteiger partial charge in [0.1, 0.15) is 0 Å². The molecular formula is C24H22N6O4. The molecule has 172 valence electrons. The Morgan fingerprint density at radius 2 is 1.53 bits per heavy atom. The Morgan fingerprint density at radius 3 is 2.21 bits per heavy atom. The zero-order valence-electron chi connectivity index (χ0n) is 18.8. The van der Waals surface area contributed by atoms with Crippen LogP contribution in [0.5, 0.6) is 0 Å². The van der Waals surface area contributed by atoms with Crippen LogP contribution in [0.15, 0.2) is 59.4 Å². The van der Waals surface area contributed by atoms with Crippen molar-refractivity contribution >= 4 is 28.4 Å². The van der Waals surface area contributed by atoms with Gasteiger partial charge in [0, 0.05) is 11.9 Å². The Morgan fingerprint density at radius 1 is 0.882 bits per heavy atom. The first kappa shape index (κ1) is 22.6. The molecule has 0 fully saturated rings. The second-order valence-corrected chi connectivity index (χ2v) is 7.55. The molecule has 0 bridgehead atoms. The molecule has 0 aliphatic heterocycles. The first-order valence-electron chi connectivity index (χ1n) is 10.6. The molecule has 0 saturated carbocycles. The second-order valence-electron chi connectivity index (χ2n) is 7.55. The third-order valence-electron chi connectivity index (χ3n) is 5.40. The number of nitrogens with zero attached hydrogens (tertiary/aromatic N) is 4. The highest BCUT2D eigenvalue weighted by atomic mass is 16.2. The van der Waals surface area contributed by atoms with Gasteiger partial charge in [0.25, 0.3) is 17.2 Å². The number of carbonyl (C=O) groups excluding carboxylic acids is 3. The number of ketones is 1. The molecule has 2 aromatic heterocycles. The highest BCUT2D eigenvalue weighted by Crippen LogP contribution is 2.18. The standard InChI is InChI=1S/C24H22N6O4/c1-4-29-24(34)18-13-9-8-12-17(18)20(28-29)22(32)25-26-23(33)21(31)19-14(2)27-30(15(19)3)16-10-6-5-7-11-16/h5-13H,4H2,1-3H3,(H,25,32)(H,26,33). The van der Waals surface area contributed by atoms with Gasteiger partial charge in [-0.05, 0) is 39.0 Å². The number of amides is 2. The van der Waals surface area contributed by atoms with Crippen LogP contribution in [0.1, 0.15) is 39.2 Å². The van der Waals surface area contributed by atoms with E-state index in [2.05, 4.69) is 21.0 Å². The predicted molar refractivity (Wildman–Crippen MR) is 125 cm³/mol. The first-order valence-corrected chi connectivity index (χ1v) is 10.6. The average molecular weight is 458 g/mol. The Balaban J connectivity index is 1.56.